The fraction of sp³-hybridized carbons (Fsp3) is 0.500. The minimum Gasteiger partial charge on any atom is -0.380 e. The number of ether oxygens (including phenoxy) is 1. The maximum Gasteiger partial charge on any atom is 0.413 e. The van der Waals surface area contributed by atoms with Gasteiger partial charge in [-0.2, -0.15) is 22.7 Å². The Morgan fingerprint density at radius 1 is 1.24 bits per heavy atom. The van der Waals surface area contributed by atoms with Crippen molar-refractivity contribution in [3.05, 3.63) is 47.0 Å². The molecule has 0 bridgehead atoms. The molecule has 0 radical (unpaired) electrons. The van der Waals surface area contributed by atoms with Gasteiger partial charge in [-0.05, 0) is 49.1 Å². The molecule has 0 unspecified atom stereocenters. The van der Waals surface area contributed by atoms with Gasteiger partial charge in [0.05, 0.1) is 23.7 Å². The van der Waals surface area contributed by atoms with E-state index in [2.05, 4.69) is 20.4 Å². The van der Waals surface area contributed by atoms with Gasteiger partial charge in [-0.1, -0.05) is 31.4 Å². The number of hydrogen-bond acceptors (Lipinski definition) is 7. The van der Waals surface area contributed by atoms with Crippen molar-refractivity contribution >= 4 is 34.7 Å². The van der Waals surface area contributed by atoms with E-state index >= 15 is 0 Å². The van der Waals surface area contributed by atoms with Crippen molar-refractivity contribution in [2.24, 2.45) is 0 Å². The van der Waals surface area contributed by atoms with Crippen LogP contribution in [-0.2, 0) is 9.53 Å². The Labute approximate surface area is 216 Å². The Morgan fingerprint density at radius 3 is 2.49 bits per heavy atom. The van der Waals surface area contributed by atoms with E-state index in [1.165, 1.54) is 42.1 Å². The number of benzene rings is 1. The van der Waals surface area contributed by atoms with Crippen LogP contribution < -0.4 is 5.32 Å². The Morgan fingerprint density at radius 2 is 1.89 bits per heavy atom. The molecule has 0 saturated heterocycles. The minimum absolute atomic E-state index is 0.00769. The Balaban J connectivity index is 1.62. The lowest BCUT2D eigenvalue weighted by atomic mass is 9.83. The highest BCUT2D eigenvalue weighted by atomic mass is 35.5. The second-order valence-corrected chi connectivity index (χ2v) is 9.57. The maximum atomic E-state index is 14.1. The third-order valence-electron chi connectivity index (χ3n) is 6.72. The largest absolute Gasteiger partial charge is 0.413 e. The van der Waals surface area contributed by atoms with Gasteiger partial charge in [0.15, 0.2) is 6.04 Å². The summed E-state index contributed by atoms with van der Waals surface area (Å²) in [5, 5.41) is 18.0. The van der Waals surface area contributed by atoms with E-state index in [-0.39, 0.29) is 29.5 Å². The van der Waals surface area contributed by atoms with Gasteiger partial charge in [0.1, 0.15) is 5.60 Å². The van der Waals surface area contributed by atoms with E-state index in [1.54, 1.807) is 6.92 Å². The van der Waals surface area contributed by atoms with Crippen LogP contribution in [0.5, 0.6) is 0 Å². The molecule has 1 aromatic carbocycles. The third-order valence-corrected chi connectivity index (χ3v) is 6.88. The number of alkyl halides is 3. The van der Waals surface area contributed by atoms with Gasteiger partial charge < -0.3 is 20.1 Å². The number of aromatic nitrogens is 4. The summed E-state index contributed by atoms with van der Waals surface area (Å²) in [7, 11) is 2.61. The second-order valence-electron chi connectivity index (χ2n) is 9.23. The van der Waals surface area contributed by atoms with Gasteiger partial charge in [-0.15, -0.1) is 5.10 Å². The molecule has 0 aliphatic heterocycles. The number of rotatable bonds is 7. The van der Waals surface area contributed by atoms with E-state index in [4.69, 9.17) is 16.3 Å². The second kappa shape index (κ2) is 10.4. The molecule has 13 heteroatoms. The molecule has 37 heavy (non-hydrogen) atoms. The third kappa shape index (κ3) is 5.51. The van der Waals surface area contributed by atoms with Gasteiger partial charge in [-0.3, -0.25) is 4.79 Å². The number of nitrogens with one attached hydrogen (secondary N) is 1. The molecule has 2 atom stereocenters. The van der Waals surface area contributed by atoms with Crippen LogP contribution in [0.15, 0.2) is 30.5 Å². The zero-order valence-corrected chi connectivity index (χ0v) is 21.3. The topological polar surface area (TPSA) is 105 Å². The average Bonchev–Trinajstić information content (AvgIpc) is 3.23. The molecule has 3 aromatic rings. The molecule has 1 aliphatic rings. The average molecular weight is 541 g/mol. The molecule has 2 aromatic heterocycles. The Kier molecular flexibility index (Phi) is 7.63. The number of carbonyl (C=O) groups excluding carboxylic acids is 1. The minimum atomic E-state index is -4.74. The first-order chi connectivity index (χ1) is 17.4. The summed E-state index contributed by atoms with van der Waals surface area (Å²) in [5.74, 6) is -0.647. The van der Waals surface area contributed by atoms with E-state index in [9.17, 15) is 23.1 Å². The van der Waals surface area contributed by atoms with Gasteiger partial charge in [0.25, 0.3) is 11.7 Å². The predicted octanol–water partition coefficient (Wildman–Crippen LogP) is 4.99. The molecular weight excluding hydrogens is 513 g/mol. The number of methoxy groups -OCH3 is 1. The van der Waals surface area contributed by atoms with Crippen LogP contribution in [0, 0.1) is 0 Å². The van der Waals surface area contributed by atoms with Crippen molar-refractivity contribution in [2.75, 3.05) is 19.5 Å². The molecule has 0 spiro atoms. The number of nitrogens with zero attached hydrogens (tertiary/aromatic N) is 5. The smallest absolute Gasteiger partial charge is 0.380 e. The molecule has 2 N–H and O–H groups in total. The molecule has 200 valence electrons. The Hall–Kier alpha value is -2.96. The normalized spacial score (nSPS) is 17.4. The van der Waals surface area contributed by atoms with E-state index in [1.807, 2.05) is 0 Å². The van der Waals surface area contributed by atoms with Gasteiger partial charge in [0, 0.05) is 19.8 Å². The predicted molar refractivity (Wildman–Crippen MR) is 131 cm³/mol. The van der Waals surface area contributed by atoms with E-state index in [0.717, 1.165) is 13.5 Å². The SMILES string of the molecule is CO[C@@H](C)c1c(Nc2ccc([C@H](N(C)C(=O)C3(O)CCCCC3)C(F)(F)F)cc2)cnc2nc(Cl)nn12. The lowest BCUT2D eigenvalue weighted by Gasteiger charge is -2.38. The van der Waals surface area contributed by atoms with Gasteiger partial charge in [0.2, 0.25) is 5.28 Å². The monoisotopic (exact) mass is 540 g/mol. The van der Waals surface area contributed by atoms with Crippen LogP contribution in [0.4, 0.5) is 24.5 Å². The lowest BCUT2D eigenvalue weighted by Crippen LogP contribution is -2.52. The highest BCUT2D eigenvalue weighted by molar-refractivity contribution is 6.28. The first-order valence-corrected chi connectivity index (χ1v) is 12.2. The van der Waals surface area contributed by atoms with Crippen LogP contribution in [0.1, 0.15) is 62.4 Å². The number of likely N-dealkylation sites (N-methyl/N-ethyl adjacent to an activating group) is 1. The fourth-order valence-electron chi connectivity index (χ4n) is 4.76. The number of carbonyl (C=O) groups is 1. The summed E-state index contributed by atoms with van der Waals surface area (Å²) in [4.78, 5) is 21.8. The van der Waals surface area contributed by atoms with Crippen LogP contribution in [0.2, 0.25) is 5.28 Å². The van der Waals surface area contributed by atoms with Crippen LogP contribution in [-0.4, -0.2) is 61.4 Å². The van der Waals surface area contributed by atoms with Crippen LogP contribution >= 0.6 is 11.6 Å². The van der Waals surface area contributed by atoms with Crippen LogP contribution in [0.3, 0.4) is 0 Å². The number of aliphatic hydroxyl groups is 1. The number of halogens is 4. The van der Waals surface area contributed by atoms with Crippen molar-refractivity contribution < 1.29 is 27.8 Å². The molecule has 9 nitrogen and oxygen atoms in total. The highest BCUT2D eigenvalue weighted by Gasteiger charge is 2.49. The number of amides is 1. The quantitative estimate of drug-likeness (QED) is 0.435. The first kappa shape index (κ1) is 27.1. The van der Waals surface area contributed by atoms with Crippen molar-refractivity contribution in [1.82, 2.24) is 24.5 Å². The molecule has 2 heterocycles. The molecular formula is C24H28ClF3N6O3. The molecule has 1 saturated carbocycles. The number of fused-ring (bicyclic) bond motifs is 1. The molecule has 1 amide bonds. The summed E-state index contributed by atoms with van der Waals surface area (Å²) in [6.45, 7) is 1.79. The van der Waals surface area contributed by atoms with Gasteiger partial charge in [-0.25, -0.2) is 4.98 Å². The zero-order chi connectivity index (χ0) is 27.0. The molecule has 1 fully saturated rings. The summed E-state index contributed by atoms with van der Waals surface area (Å²) in [6, 6.07) is 3.34. The maximum absolute atomic E-state index is 14.1. The number of anilines is 2. The lowest BCUT2D eigenvalue weighted by molar-refractivity contribution is -0.197. The van der Waals surface area contributed by atoms with Gasteiger partial charge >= 0.3 is 6.18 Å². The van der Waals surface area contributed by atoms with Crippen molar-refractivity contribution in [3.8, 4) is 0 Å². The fourth-order valence-corrected chi connectivity index (χ4v) is 4.91. The highest BCUT2D eigenvalue weighted by Crippen LogP contribution is 2.40. The Bertz CT molecular complexity index is 1260. The first-order valence-electron chi connectivity index (χ1n) is 11.8. The number of hydrogen-bond donors (Lipinski definition) is 2. The van der Waals surface area contributed by atoms with Crippen molar-refractivity contribution in [1.29, 1.82) is 0 Å². The summed E-state index contributed by atoms with van der Waals surface area (Å²) in [6.07, 6.45) is -1.33. The molecule has 1 aliphatic carbocycles. The standard InChI is InChI=1S/C24H28ClF3N6O3/c1-14(37-3)18-17(13-29-22-31-21(25)32-34(18)22)30-16-9-7-15(8-10-16)19(24(26,27)28)33(2)20(35)23(36)11-5-4-6-12-23/h7-10,13-14,19,30,36H,4-6,11-12H2,1-3H3/t14-,19-/m0/s1. The van der Waals surface area contributed by atoms with Crippen molar-refractivity contribution in [3.63, 3.8) is 0 Å². The summed E-state index contributed by atoms with van der Waals surface area (Å²) >= 11 is 5.93. The molecule has 4 rings (SSSR count). The van der Waals surface area contributed by atoms with Crippen LogP contribution in [0.25, 0.3) is 5.78 Å². The van der Waals surface area contributed by atoms with E-state index in [0.29, 0.717) is 34.8 Å². The zero-order valence-electron chi connectivity index (χ0n) is 20.6. The summed E-state index contributed by atoms with van der Waals surface area (Å²) < 4.78 is 49.3. The van der Waals surface area contributed by atoms with Crippen molar-refractivity contribution in [2.45, 2.75) is 63.0 Å². The summed E-state index contributed by atoms with van der Waals surface area (Å²) in [5.41, 5.74) is -0.370. The van der Waals surface area contributed by atoms with E-state index < -0.39 is 29.8 Å².